The van der Waals surface area contributed by atoms with E-state index in [0.717, 1.165) is 10.4 Å². The third-order valence-electron chi connectivity index (χ3n) is 3.19. The van der Waals surface area contributed by atoms with Gasteiger partial charge in [-0.15, -0.1) is 11.3 Å². The van der Waals surface area contributed by atoms with Crippen molar-refractivity contribution >= 4 is 23.2 Å². The second kappa shape index (κ2) is 5.07. The molecule has 1 aliphatic heterocycles. The van der Waals surface area contributed by atoms with Crippen LogP contribution in [0.1, 0.15) is 20.8 Å². The van der Waals surface area contributed by atoms with Gasteiger partial charge < -0.3 is 14.7 Å². The Morgan fingerprint density at radius 1 is 1.50 bits per heavy atom. The number of rotatable bonds is 2. The summed E-state index contributed by atoms with van der Waals surface area (Å²) < 4.78 is 5.12. The monoisotopic (exact) mass is 269 g/mol. The van der Waals surface area contributed by atoms with E-state index in [9.17, 15) is 9.59 Å². The lowest BCUT2D eigenvalue weighted by atomic mass is 10.1. The van der Waals surface area contributed by atoms with Crippen molar-refractivity contribution in [1.82, 2.24) is 4.90 Å². The Morgan fingerprint density at radius 3 is 2.78 bits per heavy atom. The van der Waals surface area contributed by atoms with E-state index in [1.54, 1.807) is 5.38 Å². The first-order valence-corrected chi connectivity index (χ1v) is 6.56. The molecule has 6 heteroatoms. The molecule has 1 unspecified atom stereocenters. The van der Waals surface area contributed by atoms with Crippen LogP contribution in [0.5, 0.6) is 0 Å². The minimum atomic E-state index is -1.02. The fourth-order valence-electron chi connectivity index (χ4n) is 1.93. The molecule has 0 aliphatic carbocycles. The Balaban J connectivity index is 2.26. The van der Waals surface area contributed by atoms with Gasteiger partial charge in [0.2, 0.25) is 0 Å². The van der Waals surface area contributed by atoms with Crippen LogP contribution >= 0.6 is 11.3 Å². The molecule has 2 rings (SSSR count). The lowest BCUT2D eigenvalue weighted by Gasteiger charge is -2.32. The summed E-state index contributed by atoms with van der Waals surface area (Å²) in [6.07, 6.45) is 0. The topological polar surface area (TPSA) is 66.8 Å². The Morgan fingerprint density at radius 2 is 2.22 bits per heavy atom. The van der Waals surface area contributed by atoms with Crippen molar-refractivity contribution in [2.75, 3.05) is 19.8 Å². The average molecular weight is 269 g/mol. The van der Waals surface area contributed by atoms with Crippen LogP contribution in [0.4, 0.5) is 0 Å². The standard InChI is InChI=1S/C12H15NO4S/c1-7-8(2)18-6-9(7)11(14)13-3-4-17-5-10(13)12(15)16/h6,10H,3-5H2,1-2H3,(H,15,16). The number of aryl methyl sites for hydroxylation is 1. The largest absolute Gasteiger partial charge is 0.480 e. The number of carboxylic acid groups (broad SMARTS) is 1. The van der Waals surface area contributed by atoms with Crippen LogP contribution in [0, 0.1) is 13.8 Å². The van der Waals surface area contributed by atoms with Gasteiger partial charge in [0.25, 0.3) is 5.91 Å². The lowest BCUT2D eigenvalue weighted by Crippen LogP contribution is -2.52. The van der Waals surface area contributed by atoms with Crippen LogP contribution in [0.2, 0.25) is 0 Å². The van der Waals surface area contributed by atoms with E-state index in [2.05, 4.69) is 0 Å². The highest BCUT2D eigenvalue weighted by atomic mass is 32.1. The van der Waals surface area contributed by atoms with Gasteiger partial charge in [-0.2, -0.15) is 0 Å². The molecular formula is C12H15NO4S. The summed E-state index contributed by atoms with van der Waals surface area (Å²) >= 11 is 1.51. The highest BCUT2D eigenvalue weighted by Crippen LogP contribution is 2.23. The zero-order valence-electron chi connectivity index (χ0n) is 10.3. The summed E-state index contributed by atoms with van der Waals surface area (Å²) in [5, 5.41) is 10.9. The fraction of sp³-hybridized carbons (Fsp3) is 0.500. The number of nitrogens with zero attached hydrogens (tertiary/aromatic N) is 1. The molecule has 1 aromatic rings. The maximum Gasteiger partial charge on any atom is 0.328 e. The zero-order valence-corrected chi connectivity index (χ0v) is 11.1. The Kier molecular flexibility index (Phi) is 3.68. The van der Waals surface area contributed by atoms with E-state index in [1.165, 1.54) is 16.2 Å². The molecule has 5 nitrogen and oxygen atoms in total. The number of morpholine rings is 1. The molecular weight excluding hydrogens is 254 g/mol. The Bertz CT molecular complexity index is 482. The highest BCUT2D eigenvalue weighted by Gasteiger charge is 2.34. The smallest absolute Gasteiger partial charge is 0.328 e. The third kappa shape index (κ3) is 2.26. The van der Waals surface area contributed by atoms with Gasteiger partial charge in [-0.25, -0.2) is 4.79 Å². The number of hydrogen-bond acceptors (Lipinski definition) is 4. The van der Waals surface area contributed by atoms with Gasteiger partial charge in [0, 0.05) is 16.8 Å². The van der Waals surface area contributed by atoms with Gasteiger partial charge in [0.05, 0.1) is 18.8 Å². The van der Waals surface area contributed by atoms with E-state index in [1.807, 2.05) is 13.8 Å². The lowest BCUT2D eigenvalue weighted by molar-refractivity contribution is -0.147. The number of aliphatic carboxylic acids is 1. The van der Waals surface area contributed by atoms with Crippen molar-refractivity contribution in [2.45, 2.75) is 19.9 Å². The molecule has 1 atom stereocenters. The average Bonchev–Trinajstić information content (AvgIpc) is 2.69. The Hall–Kier alpha value is -1.40. The van der Waals surface area contributed by atoms with Crippen molar-refractivity contribution in [2.24, 2.45) is 0 Å². The number of carboxylic acids is 1. The predicted octanol–water partition coefficient (Wildman–Crippen LogP) is 1.29. The summed E-state index contributed by atoms with van der Waals surface area (Å²) in [6.45, 7) is 4.60. The number of thiophene rings is 1. The molecule has 1 N–H and O–H groups in total. The number of ether oxygens (including phenoxy) is 1. The number of amides is 1. The predicted molar refractivity (Wildman–Crippen MR) is 67.1 cm³/mol. The van der Waals surface area contributed by atoms with Crippen molar-refractivity contribution in [3.05, 3.63) is 21.4 Å². The number of hydrogen-bond donors (Lipinski definition) is 1. The van der Waals surface area contributed by atoms with Gasteiger partial charge in [0.15, 0.2) is 6.04 Å². The van der Waals surface area contributed by atoms with E-state index >= 15 is 0 Å². The van der Waals surface area contributed by atoms with Crippen molar-refractivity contribution in [1.29, 1.82) is 0 Å². The molecule has 1 saturated heterocycles. The van der Waals surface area contributed by atoms with Gasteiger partial charge in [0.1, 0.15) is 0 Å². The SMILES string of the molecule is Cc1scc(C(=O)N2CCOCC2C(=O)O)c1C. The van der Waals surface area contributed by atoms with Crippen LogP contribution in [-0.4, -0.2) is 47.7 Å². The van der Waals surface area contributed by atoms with Gasteiger partial charge in [-0.1, -0.05) is 0 Å². The van der Waals surface area contributed by atoms with Gasteiger partial charge in [-0.05, 0) is 19.4 Å². The van der Waals surface area contributed by atoms with E-state index < -0.39 is 12.0 Å². The van der Waals surface area contributed by atoms with Crippen molar-refractivity contribution in [3.8, 4) is 0 Å². The molecule has 1 aromatic heterocycles. The molecule has 0 bridgehead atoms. The molecule has 18 heavy (non-hydrogen) atoms. The second-order valence-electron chi connectivity index (χ2n) is 4.26. The maximum atomic E-state index is 12.4. The summed E-state index contributed by atoms with van der Waals surface area (Å²) in [6, 6.07) is -0.883. The molecule has 1 fully saturated rings. The summed E-state index contributed by atoms with van der Waals surface area (Å²) in [5.41, 5.74) is 1.53. The zero-order chi connectivity index (χ0) is 13.3. The molecule has 1 amide bonds. The molecule has 2 heterocycles. The molecule has 1 aliphatic rings. The first-order valence-electron chi connectivity index (χ1n) is 5.68. The third-order valence-corrected chi connectivity index (χ3v) is 4.20. The van der Waals surface area contributed by atoms with Crippen LogP contribution < -0.4 is 0 Å². The maximum absolute atomic E-state index is 12.4. The molecule has 0 saturated carbocycles. The normalized spacial score (nSPS) is 19.9. The minimum Gasteiger partial charge on any atom is -0.480 e. The first kappa shape index (κ1) is 13.0. The van der Waals surface area contributed by atoms with Crippen molar-refractivity contribution in [3.63, 3.8) is 0 Å². The van der Waals surface area contributed by atoms with Crippen LogP contribution in [-0.2, 0) is 9.53 Å². The second-order valence-corrected chi connectivity index (χ2v) is 5.34. The molecule has 0 spiro atoms. The number of carbonyl (C=O) groups excluding carboxylic acids is 1. The minimum absolute atomic E-state index is 0.0588. The quantitative estimate of drug-likeness (QED) is 0.878. The first-order chi connectivity index (χ1) is 8.52. The summed E-state index contributed by atoms with van der Waals surface area (Å²) in [5.74, 6) is -1.24. The number of carbonyl (C=O) groups is 2. The summed E-state index contributed by atoms with van der Waals surface area (Å²) in [4.78, 5) is 26.0. The van der Waals surface area contributed by atoms with Crippen LogP contribution in [0.15, 0.2) is 5.38 Å². The van der Waals surface area contributed by atoms with E-state index in [-0.39, 0.29) is 12.5 Å². The molecule has 0 radical (unpaired) electrons. The fourth-order valence-corrected chi connectivity index (χ4v) is 2.79. The highest BCUT2D eigenvalue weighted by molar-refractivity contribution is 7.10. The van der Waals surface area contributed by atoms with Gasteiger partial charge in [-0.3, -0.25) is 4.79 Å². The summed E-state index contributed by atoms with van der Waals surface area (Å²) in [7, 11) is 0. The molecule has 0 aromatic carbocycles. The molecule has 98 valence electrons. The van der Waals surface area contributed by atoms with E-state index in [0.29, 0.717) is 18.7 Å². The van der Waals surface area contributed by atoms with E-state index in [4.69, 9.17) is 9.84 Å². The van der Waals surface area contributed by atoms with Crippen LogP contribution in [0.25, 0.3) is 0 Å². The Labute approximate surface area is 109 Å². The van der Waals surface area contributed by atoms with Gasteiger partial charge >= 0.3 is 5.97 Å². The van der Waals surface area contributed by atoms with Crippen molar-refractivity contribution < 1.29 is 19.4 Å². The van der Waals surface area contributed by atoms with Crippen LogP contribution in [0.3, 0.4) is 0 Å².